The molecule has 0 aromatic heterocycles. The quantitative estimate of drug-likeness (QED) is 0.765. The zero-order chi connectivity index (χ0) is 9.90. The zero-order valence-electron chi connectivity index (χ0n) is 7.05. The van der Waals surface area contributed by atoms with E-state index in [1.807, 2.05) is 0 Å². The van der Waals surface area contributed by atoms with E-state index in [4.69, 9.17) is 0 Å². The predicted molar refractivity (Wildman–Crippen MR) is 51.3 cm³/mol. The van der Waals surface area contributed by atoms with Gasteiger partial charge in [0.1, 0.15) is 5.75 Å². The first-order valence-electron chi connectivity index (χ1n) is 3.65. The number of rotatable bonds is 3. The number of anilines is 1. The molecule has 0 saturated heterocycles. The molecule has 5 heteroatoms. The summed E-state index contributed by atoms with van der Waals surface area (Å²) in [6.45, 7) is 0. The summed E-state index contributed by atoms with van der Waals surface area (Å²) in [7, 11) is 3.07. The first-order chi connectivity index (χ1) is 6.01. The van der Waals surface area contributed by atoms with E-state index < -0.39 is 5.85 Å². The van der Waals surface area contributed by atoms with Crippen molar-refractivity contribution in [1.29, 1.82) is 0 Å². The molecule has 0 amide bonds. The van der Waals surface area contributed by atoms with E-state index in [9.17, 15) is 8.78 Å². The number of ether oxygens (including phenoxy) is 1. The van der Waals surface area contributed by atoms with E-state index in [0.717, 1.165) is 5.69 Å². The monoisotopic (exact) mass is 205 g/mol. The smallest absolute Gasteiger partial charge is 0.408 e. The minimum Gasteiger partial charge on any atom is -0.430 e. The summed E-state index contributed by atoms with van der Waals surface area (Å²) < 4.78 is 28.9. The summed E-state index contributed by atoms with van der Waals surface area (Å²) in [5.74, 6) is -3.07. The molecule has 0 radical (unpaired) electrons. The Morgan fingerprint density at radius 2 is 1.85 bits per heavy atom. The lowest BCUT2D eigenvalue weighted by Gasteiger charge is -2.12. The summed E-state index contributed by atoms with van der Waals surface area (Å²) >= 11 is 0. The fourth-order valence-electron chi connectivity index (χ4n) is 0.847. The molecule has 0 heterocycles. The third-order valence-electron chi connectivity index (χ3n) is 1.40. The van der Waals surface area contributed by atoms with Crippen LogP contribution in [0, 0.1) is 0 Å². The maximum absolute atomic E-state index is 12.3. The van der Waals surface area contributed by atoms with Crippen LogP contribution < -0.4 is 10.1 Å². The van der Waals surface area contributed by atoms with Crippen molar-refractivity contribution in [3.63, 3.8) is 0 Å². The average molecular weight is 205 g/mol. The summed E-state index contributed by atoms with van der Waals surface area (Å²) in [6, 6.07) is 6.27. The molecule has 0 aliphatic rings. The molecule has 0 fully saturated rings. The minimum absolute atomic E-state index is 0.138. The Hall–Kier alpha value is -0.890. The second-order valence-corrected chi connectivity index (χ2v) is 3.11. The second-order valence-electron chi connectivity index (χ2n) is 2.44. The van der Waals surface area contributed by atoms with Crippen LogP contribution in [0.15, 0.2) is 24.3 Å². The highest BCUT2D eigenvalue weighted by Gasteiger charge is 2.22. The molecule has 0 spiro atoms. The first kappa shape index (κ1) is 10.2. The highest BCUT2D eigenvalue weighted by atomic mass is 31.0. The van der Waals surface area contributed by atoms with E-state index in [0.29, 0.717) is 0 Å². The standard InChI is InChI=1S/C8H10F2NOP/c1-11-6-2-4-7(5-3-6)12-8(9,10)13/h2-5,11H,13H2,1H3. The fraction of sp³-hybridized carbons (Fsp3) is 0.250. The highest BCUT2D eigenvalue weighted by Crippen LogP contribution is 2.27. The fourth-order valence-corrected chi connectivity index (χ4v) is 0.983. The van der Waals surface area contributed by atoms with Crippen molar-refractivity contribution >= 4 is 14.9 Å². The molecule has 1 aromatic rings. The second kappa shape index (κ2) is 3.88. The van der Waals surface area contributed by atoms with Crippen LogP contribution in [0.3, 0.4) is 0 Å². The molecule has 2 nitrogen and oxygen atoms in total. The zero-order valence-corrected chi connectivity index (χ0v) is 8.21. The van der Waals surface area contributed by atoms with E-state index >= 15 is 0 Å². The van der Waals surface area contributed by atoms with Gasteiger partial charge in [0.15, 0.2) is 0 Å². The van der Waals surface area contributed by atoms with Gasteiger partial charge >= 0.3 is 5.85 Å². The van der Waals surface area contributed by atoms with E-state index in [2.05, 4.69) is 10.1 Å². The van der Waals surface area contributed by atoms with Gasteiger partial charge in [-0.2, -0.15) is 8.78 Å². The molecule has 1 rings (SSSR count). The third-order valence-corrected chi connectivity index (χ3v) is 1.51. The Kier molecular flexibility index (Phi) is 3.04. The van der Waals surface area contributed by atoms with Crippen molar-refractivity contribution in [2.45, 2.75) is 5.85 Å². The van der Waals surface area contributed by atoms with Crippen LogP contribution in [0.1, 0.15) is 0 Å². The van der Waals surface area contributed by atoms with Crippen molar-refractivity contribution in [1.82, 2.24) is 0 Å². The van der Waals surface area contributed by atoms with Crippen LogP contribution in [0.5, 0.6) is 5.75 Å². The normalized spacial score (nSPS) is 11.1. The molecule has 72 valence electrons. The largest absolute Gasteiger partial charge is 0.430 e. The molecule has 1 aromatic carbocycles. The lowest BCUT2D eigenvalue weighted by Crippen LogP contribution is -2.14. The number of nitrogens with one attached hydrogen (secondary N) is 1. The molecule has 1 N–H and O–H groups in total. The molecular weight excluding hydrogens is 195 g/mol. The number of benzene rings is 1. The number of hydrogen-bond donors (Lipinski definition) is 1. The van der Waals surface area contributed by atoms with Gasteiger partial charge in [-0.25, -0.2) is 0 Å². The van der Waals surface area contributed by atoms with Gasteiger partial charge in [-0.15, -0.1) is 0 Å². The van der Waals surface area contributed by atoms with Gasteiger partial charge in [-0.3, -0.25) is 0 Å². The van der Waals surface area contributed by atoms with Crippen molar-refractivity contribution in [2.75, 3.05) is 12.4 Å². The van der Waals surface area contributed by atoms with Crippen LogP contribution in [0.2, 0.25) is 0 Å². The lowest BCUT2D eigenvalue weighted by atomic mass is 10.3. The van der Waals surface area contributed by atoms with Crippen molar-refractivity contribution in [3.8, 4) is 5.75 Å². The molecule has 13 heavy (non-hydrogen) atoms. The molecule has 1 atom stereocenters. The number of hydrogen-bond acceptors (Lipinski definition) is 2. The van der Waals surface area contributed by atoms with Crippen LogP contribution in [0.4, 0.5) is 14.5 Å². The van der Waals surface area contributed by atoms with Crippen molar-refractivity contribution < 1.29 is 13.5 Å². The molecular formula is C8H10F2NOP. The molecule has 0 aliphatic heterocycles. The Morgan fingerprint density at radius 3 is 2.23 bits per heavy atom. The van der Waals surface area contributed by atoms with Gasteiger partial charge < -0.3 is 10.1 Å². The summed E-state index contributed by atoms with van der Waals surface area (Å²) in [4.78, 5) is 0. The Bertz CT molecular complexity index is 270. The van der Waals surface area contributed by atoms with Gasteiger partial charge in [-0.05, 0) is 33.5 Å². The first-order valence-corrected chi connectivity index (χ1v) is 4.22. The maximum atomic E-state index is 12.3. The Labute approximate surface area is 77.5 Å². The topological polar surface area (TPSA) is 21.3 Å². The molecule has 1 unspecified atom stereocenters. The third kappa shape index (κ3) is 3.55. The van der Waals surface area contributed by atoms with E-state index in [1.54, 1.807) is 19.2 Å². The summed E-state index contributed by atoms with van der Waals surface area (Å²) in [6.07, 6.45) is 0. The van der Waals surface area contributed by atoms with Gasteiger partial charge in [0, 0.05) is 12.7 Å². The lowest BCUT2D eigenvalue weighted by molar-refractivity contribution is -0.0892. The van der Waals surface area contributed by atoms with Gasteiger partial charge in [0.05, 0.1) is 0 Å². The predicted octanol–water partition coefficient (Wildman–Crippen LogP) is 2.53. The van der Waals surface area contributed by atoms with Gasteiger partial charge in [0.2, 0.25) is 0 Å². The van der Waals surface area contributed by atoms with Crippen LogP contribution in [-0.4, -0.2) is 12.9 Å². The summed E-state index contributed by atoms with van der Waals surface area (Å²) in [5, 5.41) is 2.87. The number of halogens is 2. The summed E-state index contributed by atoms with van der Waals surface area (Å²) in [5.41, 5.74) is 0.847. The van der Waals surface area contributed by atoms with E-state index in [-0.39, 0.29) is 5.75 Å². The maximum Gasteiger partial charge on any atom is 0.408 e. The van der Waals surface area contributed by atoms with Crippen molar-refractivity contribution in [2.24, 2.45) is 0 Å². The van der Waals surface area contributed by atoms with Crippen LogP contribution in [-0.2, 0) is 0 Å². The van der Waals surface area contributed by atoms with Crippen LogP contribution >= 0.6 is 9.24 Å². The molecule has 0 bridgehead atoms. The number of alkyl halides is 2. The van der Waals surface area contributed by atoms with Crippen molar-refractivity contribution in [3.05, 3.63) is 24.3 Å². The van der Waals surface area contributed by atoms with E-state index in [1.165, 1.54) is 21.4 Å². The minimum atomic E-state index is -3.21. The van der Waals surface area contributed by atoms with Gasteiger partial charge in [0.25, 0.3) is 0 Å². The SMILES string of the molecule is CNc1ccc(OC(F)(F)P)cc1. The Balaban J connectivity index is 2.70. The highest BCUT2D eigenvalue weighted by molar-refractivity contribution is 7.17. The molecule has 0 saturated carbocycles. The Morgan fingerprint density at radius 1 is 1.31 bits per heavy atom. The average Bonchev–Trinajstić information content (AvgIpc) is 2.03. The molecule has 0 aliphatic carbocycles. The van der Waals surface area contributed by atoms with Crippen LogP contribution in [0.25, 0.3) is 0 Å². The van der Waals surface area contributed by atoms with Gasteiger partial charge in [-0.1, -0.05) is 0 Å².